The number of nitrogens with zero attached hydrogens (tertiary/aromatic N) is 1. The van der Waals surface area contributed by atoms with Crippen LogP contribution in [-0.4, -0.2) is 13.0 Å². The van der Waals surface area contributed by atoms with Crippen LogP contribution in [0.25, 0.3) is 0 Å². The van der Waals surface area contributed by atoms with Crippen LogP contribution in [0.4, 0.5) is 5.00 Å². The summed E-state index contributed by atoms with van der Waals surface area (Å²) in [4.78, 5) is 13.6. The average Bonchev–Trinajstić information content (AvgIpc) is 2.82. The van der Waals surface area contributed by atoms with Crippen molar-refractivity contribution < 1.29 is 4.79 Å². The third kappa shape index (κ3) is 2.07. The van der Waals surface area contributed by atoms with Gasteiger partial charge < -0.3 is 4.90 Å². The zero-order valence-electron chi connectivity index (χ0n) is 8.38. The number of carbonyl (C=O) groups is 1. The summed E-state index contributed by atoms with van der Waals surface area (Å²) in [6, 6.07) is 13.2. The Labute approximate surface area is 92.8 Å². The van der Waals surface area contributed by atoms with Crippen LogP contribution in [0.5, 0.6) is 0 Å². The van der Waals surface area contributed by atoms with E-state index in [9.17, 15) is 4.79 Å². The Hall–Kier alpha value is -1.61. The fraction of sp³-hybridized carbons (Fsp3) is 0.0833. The number of carbonyl (C=O) groups excluding carboxylic acids is 1. The van der Waals surface area contributed by atoms with Crippen molar-refractivity contribution in [3.8, 4) is 0 Å². The Morgan fingerprint density at radius 1 is 1.13 bits per heavy atom. The Morgan fingerprint density at radius 3 is 2.47 bits per heavy atom. The van der Waals surface area contributed by atoms with Gasteiger partial charge in [-0.2, -0.15) is 0 Å². The maximum absolute atomic E-state index is 12.0. The number of hydrogen-bond acceptors (Lipinski definition) is 2. The van der Waals surface area contributed by atoms with Gasteiger partial charge in [-0.25, -0.2) is 0 Å². The van der Waals surface area contributed by atoms with Crippen LogP contribution >= 0.6 is 11.3 Å². The summed E-state index contributed by atoms with van der Waals surface area (Å²) in [6.45, 7) is 0. The zero-order chi connectivity index (χ0) is 10.7. The second kappa shape index (κ2) is 4.28. The first-order valence-electron chi connectivity index (χ1n) is 4.65. The molecule has 1 aromatic heterocycles. The maximum Gasteiger partial charge on any atom is 0.258 e. The Morgan fingerprint density at radius 2 is 1.87 bits per heavy atom. The van der Waals surface area contributed by atoms with E-state index in [4.69, 9.17) is 0 Å². The fourth-order valence-corrected chi connectivity index (χ4v) is 2.03. The highest BCUT2D eigenvalue weighted by atomic mass is 32.1. The van der Waals surface area contributed by atoms with Crippen LogP contribution in [0.15, 0.2) is 47.8 Å². The summed E-state index contributed by atoms with van der Waals surface area (Å²) < 4.78 is 0. The van der Waals surface area contributed by atoms with Gasteiger partial charge in [-0.1, -0.05) is 18.2 Å². The van der Waals surface area contributed by atoms with Crippen molar-refractivity contribution in [2.24, 2.45) is 0 Å². The SMILES string of the molecule is CN(C(=O)c1ccccc1)c1cccs1. The molecule has 2 nitrogen and oxygen atoms in total. The second-order valence-electron chi connectivity index (χ2n) is 3.18. The molecule has 0 radical (unpaired) electrons. The summed E-state index contributed by atoms with van der Waals surface area (Å²) in [7, 11) is 1.79. The Kier molecular flexibility index (Phi) is 2.83. The molecule has 76 valence electrons. The molecular formula is C12H11NOS. The van der Waals surface area contributed by atoms with E-state index in [2.05, 4.69) is 0 Å². The van der Waals surface area contributed by atoms with E-state index < -0.39 is 0 Å². The topological polar surface area (TPSA) is 20.3 Å². The number of benzene rings is 1. The lowest BCUT2D eigenvalue weighted by molar-refractivity contribution is 0.0993. The molecule has 0 atom stereocenters. The monoisotopic (exact) mass is 217 g/mol. The first-order chi connectivity index (χ1) is 7.29. The highest BCUT2D eigenvalue weighted by Gasteiger charge is 2.12. The molecule has 0 spiro atoms. The lowest BCUT2D eigenvalue weighted by atomic mass is 10.2. The largest absolute Gasteiger partial charge is 0.303 e. The zero-order valence-corrected chi connectivity index (χ0v) is 9.20. The summed E-state index contributed by atoms with van der Waals surface area (Å²) in [6.07, 6.45) is 0. The third-order valence-corrected chi connectivity index (χ3v) is 3.11. The second-order valence-corrected chi connectivity index (χ2v) is 4.11. The standard InChI is InChI=1S/C12H11NOS/c1-13(11-8-5-9-15-11)12(14)10-6-3-2-4-7-10/h2-9H,1H3. The minimum atomic E-state index is 0.0260. The molecule has 0 fully saturated rings. The molecule has 0 aliphatic rings. The van der Waals surface area contributed by atoms with Gasteiger partial charge in [-0.15, -0.1) is 11.3 Å². The van der Waals surface area contributed by atoms with Crippen LogP contribution in [-0.2, 0) is 0 Å². The predicted octanol–water partition coefficient (Wildman–Crippen LogP) is 3.02. The fourth-order valence-electron chi connectivity index (χ4n) is 1.34. The van der Waals surface area contributed by atoms with E-state index in [1.54, 1.807) is 23.3 Å². The number of thiophene rings is 1. The highest BCUT2D eigenvalue weighted by Crippen LogP contribution is 2.21. The van der Waals surface area contributed by atoms with E-state index in [1.807, 2.05) is 47.8 Å². The smallest absolute Gasteiger partial charge is 0.258 e. The van der Waals surface area contributed by atoms with Crippen molar-refractivity contribution >= 4 is 22.2 Å². The van der Waals surface area contributed by atoms with Crippen LogP contribution in [0.1, 0.15) is 10.4 Å². The predicted molar refractivity (Wildman–Crippen MR) is 63.5 cm³/mol. The molecule has 0 saturated heterocycles. The van der Waals surface area contributed by atoms with E-state index in [0.29, 0.717) is 5.56 Å². The van der Waals surface area contributed by atoms with E-state index in [-0.39, 0.29) is 5.91 Å². The molecule has 0 aliphatic heterocycles. The van der Waals surface area contributed by atoms with Gasteiger partial charge in [0.15, 0.2) is 0 Å². The number of rotatable bonds is 2. The van der Waals surface area contributed by atoms with Gasteiger partial charge in [0.25, 0.3) is 5.91 Å². The lowest BCUT2D eigenvalue weighted by Crippen LogP contribution is -2.25. The van der Waals surface area contributed by atoms with Gasteiger partial charge in [0, 0.05) is 12.6 Å². The minimum absolute atomic E-state index is 0.0260. The van der Waals surface area contributed by atoms with E-state index >= 15 is 0 Å². The van der Waals surface area contributed by atoms with Crippen molar-refractivity contribution in [1.82, 2.24) is 0 Å². The molecule has 2 aromatic rings. The van der Waals surface area contributed by atoms with Gasteiger partial charge in [-0.3, -0.25) is 4.79 Å². The first kappa shape index (κ1) is 9.93. The molecule has 1 heterocycles. The van der Waals surface area contributed by atoms with Gasteiger partial charge in [0.05, 0.1) is 5.00 Å². The quantitative estimate of drug-likeness (QED) is 0.757. The minimum Gasteiger partial charge on any atom is -0.303 e. The average molecular weight is 217 g/mol. The van der Waals surface area contributed by atoms with Crippen LogP contribution < -0.4 is 4.90 Å². The summed E-state index contributed by atoms with van der Waals surface area (Å²) in [5.74, 6) is 0.0260. The molecule has 3 heteroatoms. The molecular weight excluding hydrogens is 206 g/mol. The molecule has 0 saturated carbocycles. The molecule has 1 amide bonds. The Bertz CT molecular complexity index is 436. The summed E-state index contributed by atoms with van der Waals surface area (Å²) in [5, 5.41) is 2.92. The first-order valence-corrected chi connectivity index (χ1v) is 5.53. The molecule has 2 rings (SSSR count). The Balaban J connectivity index is 2.23. The van der Waals surface area contributed by atoms with Crippen molar-refractivity contribution in [3.05, 3.63) is 53.4 Å². The van der Waals surface area contributed by atoms with E-state index in [0.717, 1.165) is 5.00 Å². The van der Waals surface area contributed by atoms with Crippen LogP contribution in [0, 0.1) is 0 Å². The van der Waals surface area contributed by atoms with Gasteiger partial charge in [0.1, 0.15) is 0 Å². The van der Waals surface area contributed by atoms with Gasteiger partial charge >= 0.3 is 0 Å². The summed E-state index contributed by atoms with van der Waals surface area (Å²) >= 11 is 1.56. The third-order valence-electron chi connectivity index (χ3n) is 2.16. The highest BCUT2D eigenvalue weighted by molar-refractivity contribution is 7.14. The van der Waals surface area contributed by atoms with Crippen molar-refractivity contribution in [2.45, 2.75) is 0 Å². The maximum atomic E-state index is 12.0. The number of amides is 1. The lowest BCUT2D eigenvalue weighted by Gasteiger charge is -2.14. The van der Waals surface area contributed by atoms with Crippen molar-refractivity contribution in [3.63, 3.8) is 0 Å². The van der Waals surface area contributed by atoms with Gasteiger partial charge in [-0.05, 0) is 29.6 Å². The molecule has 0 unspecified atom stereocenters. The molecule has 15 heavy (non-hydrogen) atoms. The van der Waals surface area contributed by atoms with Gasteiger partial charge in [0.2, 0.25) is 0 Å². The van der Waals surface area contributed by atoms with Crippen molar-refractivity contribution in [2.75, 3.05) is 11.9 Å². The summed E-state index contributed by atoms with van der Waals surface area (Å²) in [5.41, 5.74) is 0.716. The normalized spacial score (nSPS) is 9.93. The molecule has 0 bridgehead atoms. The van der Waals surface area contributed by atoms with E-state index in [1.165, 1.54) is 0 Å². The van der Waals surface area contributed by atoms with Crippen LogP contribution in [0.3, 0.4) is 0 Å². The molecule has 1 aromatic carbocycles. The number of hydrogen-bond donors (Lipinski definition) is 0. The molecule has 0 N–H and O–H groups in total. The molecule has 0 aliphatic carbocycles. The van der Waals surface area contributed by atoms with Crippen LogP contribution in [0.2, 0.25) is 0 Å². The number of anilines is 1. The van der Waals surface area contributed by atoms with Crippen molar-refractivity contribution in [1.29, 1.82) is 0 Å².